The van der Waals surface area contributed by atoms with Crippen molar-refractivity contribution in [1.82, 2.24) is 9.80 Å². The molecule has 0 saturated carbocycles. The number of hydrogen-bond acceptors (Lipinski definition) is 2. The highest BCUT2D eigenvalue weighted by Crippen LogP contribution is 2.19. The molecular formula is C19H28N4O. The zero-order chi connectivity index (χ0) is 16.8. The maximum atomic E-state index is 12.2. The second-order valence-electron chi connectivity index (χ2n) is 6.89. The van der Waals surface area contributed by atoms with Crippen molar-refractivity contribution in [2.24, 2.45) is 16.6 Å². The molecule has 1 unspecified atom stereocenters. The predicted molar refractivity (Wildman–Crippen MR) is 96.7 cm³/mol. The molecule has 0 aromatic heterocycles. The standard InChI is InChI=1S/C19H28N4O/c20-19(22-10-5-2-6-11-22)21-14-17-13-18(24)23(15-17)12-9-16-7-3-1-4-8-16/h1,3-4,7-8,17H,2,5-6,9-15H2,(H2,20,21). The highest BCUT2D eigenvalue weighted by atomic mass is 16.2. The third-order valence-corrected chi connectivity index (χ3v) is 5.00. The first-order valence-corrected chi connectivity index (χ1v) is 9.09. The lowest BCUT2D eigenvalue weighted by Crippen LogP contribution is -2.41. The number of hydrogen-bond donors (Lipinski definition) is 1. The molecule has 3 rings (SSSR count). The Labute approximate surface area is 144 Å². The zero-order valence-corrected chi connectivity index (χ0v) is 14.4. The molecule has 130 valence electrons. The Morgan fingerprint density at radius 3 is 2.67 bits per heavy atom. The van der Waals surface area contributed by atoms with E-state index < -0.39 is 0 Å². The fourth-order valence-electron chi connectivity index (χ4n) is 3.55. The highest BCUT2D eigenvalue weighted by molar-refractivity contribution is 5.79. The molecular weight excluding hydrogens is 300 g/mol. The molecule has 24 heavy (non-hydrogen) atoms. The number of piperidine rings is 1. The van der Waals surface area contributed by atoms with Gasteiger partial charge in [-0.3, -0.25) is 9.79 Å². The van der Waals surface area contributed by atoms with E-state index in [2.05, 4.69) is 22.0 Å². The monoisotopic (exact) mass is 328 g/mol. The van der Waals surface area contributed by atoms with E-state index in [1.54, 1.807) is 0 Å². The van der Waals surface area contributed by atoms with Gasteiger partial charge in [-0.25, -0.2) is 0 Å². The van der Waals surface area contributed by atoms with Gasteiger partial charge < -0.3 is 15.5 Å². The van der Waals surface area contributed by atoms with Crippen molar-refractivity contribution in [2.75, 3.05) is 32.7 Å². The minimum absolute atomic E-state index is 0.252. The maximum absolute atomic E-state index is 12.2. The molecule has 2 saturated heterocycles. The Morgan fingerprint density at radius 2 is 1.92 bits per heavy atom. The lowest BCUT2D eigenvalue weighted by molar-refractivity contribution is -0.127. The number of guanidine groups is 1. The van der Waals surface area contributed by atoms with Gasteiger partial charge in [0.05, 0.1) is 0 Å². The van der Waals surface area contributed by atoms with Gasteiger partial charge in [0, 0.05) is 45.1 Å². The van der Waals surface area contributed by atoms with Crippen LogP contribution in [0.25, 0.3) is 0 Å². The van der Waals surface area contributed by atoms with Crippen LogP contribution in [0.1, 0.15) is 31.2 Å². The summed E-state index contributed by atoms with van der Waals surface area (Å²) in [5.74, 6) is 1.21. The summed E-state index contributed by atoms with van der Waals surface area (Å²) in [6, 6.07) is 10.3. The normalized spacial score (nSPS) is 22.2. The quantitative estimate of drug-likeness (QED) is 0.663. The van der Waals surface area contributed by atoms with Crippen LogP contribution in [0.2, 0.25) is 0 Å². The molecule has 5 nitrogen and oxygen atoms in total. The lowest BCUT2D eigenvalue weighted by atomic mass is 10.1. The van der Waals surface area contributed by atoms with E-state index in [1.165, 1.54) is 24.8 Å². The summed E-state index contributed by atoms with van der Waals surface area (Å²) in [5.41, 5.74) is 7.39. The van der Waals surface area contributed by atoms with Gasteiger partial charge in [0.2, 0.25) is 5.91 Å². The molecule has 2 N–H and O–H groups in total. The summed E-state index contributed by atoms with van der Waals surface area (Å²) in [4.78, 5) is 20.9. The second kappa shape index (κ2) is 8.18. The van der Waals surface area contributed by atoms with Gasteiger partial charge >= 0.3 is 0 Å². The van der Waals surface area contributed by atoms with Crippen LogP contribution in [0.5, 0.6) is 0 Å². The minimum atomic E-state index is 0.252. The first-order valence-electron chi connectivity index (χ1n) is 9.09. The van der Waals surface area contributed by atoms with E-state index >= 15 is 0 Å². The molecule has 1 aromatic rings. The van der Waals surface area contributed by atoms with Gasteiger partial charge in [0.15, 0.2) is 5.96 Å². The first-order chi connectivity index (χ1) is 11.7. The largest absolute Gasteiger partial charge is 0.370 e. The fourth-order valence-corrected chi connectivity index (χ4v) is 3.55. The van der Waals surface area contributed by atoms with Crippen LogP contribution in [0.3, 0.4) is 0 Å². The van der Waals surface area contributed by atoms with Crippen LogP contribution < -0.4 is 5.73 Å². The number of carbonyl (C=O) groups excluding carboxylic acids is 1. The topological polar surface area (TPSA) is 61.9 Å². The molecule has 2 aliphatic heterocycles. The van der Waals surface area contributed by atoms with Crippen LogP contribution >= 0.6 is 0 Å². The van der Waals surface area contributed by atoms with Crippen LogP contribution in [-0.4, -0.2) is 54.4 Å². The Morgan fingerprint density at radius 1 is 1.17 bits per heavy atom. The third-order valence-electron chi connectivity index (χ3n) is 5.00. The zero-order valence-electron chi connectivity index (χ0n) is 14.4. The second-order valence-corrected chi connectivity index (χ2v) is 6.89. The molecule has 0 spiro atoms. The first kappa shape index (κ1) is 16.8. The average molecular weight is 328 g/mol. The maximum Gasteiger partial charge on any atom is 0.223 e. The number of rotatable bonds is 5. The summed E-state index contributed by atoms with van der Waals surface area (Å²) in [7, 11) is 0. The van der Waals surface area contributed by atoms with Crippen molar-refractivity contribution >= 4 is 11.9 Å². The number of nitrogens with two attached hydrogens (primary N) is 1. The van der Waals surface area contributed by atoms with E-state index in [4.69, 9.17) is 5.73 Å². The minimum Gasteiger partial charge on any atom is -0.370 e. The van der Waals surface area contributed by atoms with Crippen molar-refractivity contribution in [3.63, 3.8) is 0 Å². The van der Waals surface area contributed by atoms with Crippen LogP contribution in [0, 0.1) is 5.92 Å². The van der Waals surface area contributed by atoms with E-state index in [0.29, 0.717) is 24.8 Å². The number of aliphatic imine (C=N–C) groups is 1. The van der Waals surface area contributed by atoms with Crippen molar-refractivity contribution in [1.29, 1.82) is 0 Å². The molecule has 2 fully saturated rings. The summed E-state index contributed by atoms with van der Waals surface area (Å²) in [6.45, 7) is 4.30. The predicted octanol–water partition coefficient (Wildman–Crippen LogP) is 1.88. The number of carbonyl (C=O) groups is 1. The van der Waals surface area contributed by atoms with Crippen molar-refractivity contribution in [3.05, 3.63) is 35.9 Å². The van der Waals surface area contributed by atoms with E-state index in [-0.39, 0.29) is 5.91 Å². The van der Waals surface area contributed by atoms with Gasteiger partial charge in [0.1, 0.15) is 0 Å². The highest BCUT2D eigenvalue weighted by Gasteiger charge is 2.29. The van der Waals surface area contributed by atoms with Crippen LogP contribution in [-0.2, 0) is 11.2 Å². The summed E-state index contributed by atoms with van der Waals surface area (Å²) >= 11 is 0. The lowest BCUT2D eigenvalue weighted by Gasteiger charge is -2.27. The van der Waals surface area contributed by atoms with Crippen molar-refractivity contribution in [2.45, 2.75) is 32.1 Å². The molecule has 2 heterocycles. The fraction of sp³-hybridized carbons (Fsp3) is 0.579. The molecule has 2 aliphatic rings. The van der Waals surface area contributed by atoms with Gasteiger partial charge in [-0.05, 0) is 31.2 Å². The van der Waals surface area contributed by atoms with E-state index in [9.17, 15) is 4.79 Å². The Hall–Kier alpha value is -2.04. The van der Waals surface area contributed by atoms with Gasteiger partial charge in [-0.15, -0.1) is 0 Å². The van der Waals surface area contributed by atoms with E-state index in [1.807, 2.05) is 23.1 Å². The average Bonchev–Trinajstić information content (AvgIpc) is 2.99. The number of amides is 1. The van der Waals surface area contributed by atoms with Gasteiger partial charge in [-0.2, -0.15) is 0 Å². The summed E-state index contributed by atoms with van der Waals surface area (Å²) < 4.78 is 0. The Kier molecular flexibility index (Phi) is 5.72. The molecule has 0 radical (unpaired) electrons. The molecule has 1 amide bonds. The van der Waals surface area contributed by atoms with Gasteiger partial charge in [0.25, 0.3) is 0 Å². The summed E-state index contributed by atoms with van der Waals surface area (Å²) in [6.07, 6.45) is 5.21. The number of benzene rings is 1. The summed E-state index contributed by atoms with van der Waals surface area (Å²) in [5, 5.41) is 0. The number of likely N-dealkylation sites (tertiary alicyclic amines) is 2. The van der Waals surface area contributed by atoms with E-state index in [0.717, 1.165) is 32.6 Å². The molecule has 1 atom stereocenters. The van der Waals surface area contributed by atoms with Crippen molar-refractivity contribution in [3.8, 4) is 0 Å². The number of nitrogens with zero attached hydrogens (tertiary/aromatic N) is 3. The smallest absolute Gasteiger partial charge is 0.223 e. The Bertz CT molecular complexity index is 566. The van der Waals surface area contributed by atoms with Crippen LogP contribution in [0.4, 0.5) is 0 Å². The molecule has 1 aromatic carbocycles. The molecule has 0 aliphatic carbocycles. The van der Waals surface area contributed by atoms with Crippen molar-refractivity contribution < 1.29 is 4.79 Å². The van der Waals surface area contributed by atoms with Gasteiger partial charge in [-0.1, -0.05) is 30.3 Å². The third kappa shape index (κ3) is 4.49. The molecule has 0 bridgehead atoms. The Balaban J connectivity index is 1.45. The van der Waals surface area contributed by atoms with Crippen LogP contribution in [0.15, 0.2) is 35.3 Å². The SMILES string of the molecule is NC(=NCC1CC(=O)N(CCc2ccccc2)C1)N1CCCCC1. The molecule has 5 heteroatoms.